The van der Waals surface area contributed by atoms with Gasteiger partial charge in [0.25, 0.3) is 5.91 Å². The molecule has 1 aromatic heterocycles. The first-order chi connectivity index (χ1) is 11.8. The van der Waals surface area contributed by atoms with Crippen LogP contribution in [0.3, 0.4) is 0 Å². The summed E-state index contributed by atoms with van der Waals surface area (Å²) in [6, 6.07) is 4.50. The Morgan fingerprint density at radius 2 is 1.72 bits per heavy atom. The van der Waals surface area contributed by atoms with E-state index in [9.17, 15) is 14.4 Å². The van der Waals surface area contributed by atoms with E-state index in [1.54, 1.807) is 13.8 Å². The average molecular weight is 363 g/mol. The first-order valence-electron chi connectivity index (χ1n) is 7.25. The molecule has 0 saturated carbocycles. The van der Waals surface area contributed by atoms with Crippen LogP contribution < -0.4 is 10.6 Å². The third-order valence-electron chi connectivity index (χ3n) is 3.13. The van der Waals surface area contributed by atoms with Gasteiger partial charge in [-0.25, -0.2) is 14.8 Å². The SMILES string of the molecule is CC(C)C(=O)Nc1ccc(NC(=O)c2nccnc2C(=O)O)cc1Cl. The summed E-state index contributed by atoms with van der Waals surface area (Å²) < 4.78 is 0. The molecule has 8 nitrogen and oxygen atoms in total. The highest BCUT2D eigenvalue weighted by Crippen LogP contribution is 2.26. The van der Waals surface area contributed by atoms with Crippen molar-refractivity contribution in [3.05, 3.63) is 47.0 Å². The molecule has 0 atom stereocenters. The summed E-state index contributed by atoms with van der Waals surface area (Å²) >= 11 is 6.10. The molecule has 2 aromatic rings. The fourth-order valence-corrected chi connectivity index (χ4v) is 2.05. The van der Waals surface area contributed by atoms with Crippen LogP contribution in [-0.2, 0) is 4.79 Å². The van der Waals surface area contributed by atoms with Gasteiger partial charge in [0.15, 0.2) is 11.4 Å². The van der Waals surface area contributed by atoms with E-state index in [1.807, 2.05) is 0 Å². The number of hydrogen-bond acceptors (Lipinski definition) is 5. The van der Waals surface area contributed by atoms with E-state index in [4.69, 9.17) is 16.7 Å². The molecule has 0 radical (unpaired) electrons. The van der Waals surface area contributed by atoms with Gasteiger partial charge in [0, 0.05) is 24.0 Å². The lowest BCUT2D eigenvalue weighted by Crippen LogP contribution is -2.20. The number of halogens is 1. The maximum Gasteiger partial charge on any atom is 0.356 e. The highest BCUT2D eigenvalue weighted by Gasteiger charge is 2.20. The molecule has 0 aliphatic rings. The first kappa shape index (κ1) is 18.3. The summed E-state index contributed by atoms with van der Waals surface area (Å²) in [6.45, 7) is 3.50. The van der Waals surface area contributed by atoms with Crippen LogP contribution in [0.2, 0.25) is 5.02 Å². The lowest BCUT2D eigenvalue weighted by Gasteiger charge is -2.11. The number of nitrogens with zero attached hydrogens (tertiary/aromatic N) is 2. The molecule has 0 aliphatic carbocycles. The molecule has 2 rings (SSSR count). The number of rotatable bonds is 5. The van der Waals surface area contributed by atoms with Gasteiger partial charge in [-0.1, -0.05) is 25.4 Å². The first-order valence-corrected chi connectivity index (χ1v) is 7.63. The fourth-order valence-electron chi connectivity index (χ4n) is 1.82. The Balaban J connectivity index is 2.19. The second-order valence-corrected chi connectivity index (χ2v) is 5.76. The number of aromatic carboxylic acids is 1. The summed E-state index contributed by atoms with van der Waals surface area (Å²) in [5.41, 5.74) is -0.0427. The molecule has 0 bridgehead atoms. The minimum atomic E-state index is -1.36. The van der Waals surface area contributed by atoms with E-state index in [2.05, 4.69) is 20.6 Å². The molecule has 3 N–H and O–H groups in total. The molecule has 2 amide bonds. The predicted octanol–water partition coefficient (Wildman–Crippen LogP) is 2.68. The van der Waals surface area contributed by atoms with Gasteiger partial charge >= 0.3 is 5.97 Å². The zero-order valence-electron chi connectivity index (χ0n) is 13.4. The van der Waals surface area contributed by atoms with Gasteiger partial charge < -0.3 is 15.7 Å². The highest BCUT2D eigenvalue weighted by atomic mass is 35.5. The van der Waals surface area contributed by atoms with Crippen molar-refractivity contribution in [3.63, 3.8) is 0 Å². The van der Waals surface area contributed by atoms with E-state index < -0.39 is 17.6 Å². The zero-order chi connectivity index (χ0) is 18.6. The Kier molecular flexibility index (Phi) is 5.66. The monoisotopic (exact) mass is 362 g/mol. The quantitative estimate of drug-likeness (QED) is 0.751. The topological polar surface area (TPSA) is 121 Å². The van der Waals surface area contributed by atoms with Gasteiger partial charge in [0.05, 0.1) is 10.7 Å². The molecule has 1 aromatic carbocycles. The maximum atomic E-state index is 12.2. The molecule has 0 saturated heterocycles. The van der Waals surface area contributed by atoms with Gasteiger partial charge in [0.1, 0.15) is 0 Å². The number of nitrogens with one attached hydrogen (secondary N) is 2. The van der Waals surface area contributed by atoms with Crippen LogP contribution in [0, 0.1) is 5.92 Å². The van der Waals surface area contributed by atoms with Gasteiger partial charge in [0.2, 0.25) is 5.91 Å². The van der Waals surface area contributed by atoms with Crippen LogP contribution >= 0.6 is 11.6 Å². The average Bonchev–Trinajstić information content (AvgIpc) is 2.57. The van der Waals surface area contributed by atoms with Crippen molar-refractivity contribution in [1.29, 1.82) is 0 Å². The number of carboxylic acid groups (broad SMARTS) is 1. The Labute approximate surface area is 148 Å². The number of carbonyl (C=O) groups excluding carboxylic acids is 2. The number of carbonyl (C=O) groups is 3. The summed E-state index contributed by atoms with van der Waals surface area (Å²) in [5.74, 6) is -2.49. The van der Waals surface area contributed by atoms with Crippen molar-refractivity contribution >= 4 is 40.8 Å². The van der Waals surface area contributed by atoms with Crippen molar-refractivity contribution in [1.82, 2.24) is 9.97 Å². The van der Waals surface area contributed by atoms with Gasteiger partial charge in [-0.05, 0) is 18.2 Å². The molecular formula is C16H15ClN4O4. The minimum Gasteiger partial charge on any atom is -0.476 e. The number of aromatic nitrogens is 2. The molecule has 1 heterocycles. The second kappa shape index (κ2) is 7.71. The largest absolute Gasteiger partial charge is 0.476 e. The van der Waals surface area contributed by atoms with Crippen molar-refractivity contribution in [2.75, 3.05) is 10.6 Å². The highest BCUT2D eigenvalue weighted by molar-refractivity contribution is 6.34. The van der Waals surface area contributed by atoms with Gasteiger partial charge in [-0.2, -0.15) is 0 Å². The smallest absolute Gasteiger partial charge is 0.356 e. The van der Waals surface area contributed by atoms with Crippen LogP contribution in [0.1, 0.15) is 34.8 Å². The molecule has 130 valence electrons. The summed E-state index contributed by atoms with van der Waals surface area (Å²) in [4.78, 5) is 42.4. The molecule has 25 heavy (non-hydrogen) atoms. The van der Waals surface area contributed by atoms with Crippen LogP contribution in [0.5, 0.6) is 0 Å². The molecule has 9 heteroatoms. The third kappa shape index (κ3) is 4.51. The zero-order valence-corrected chi connectivity index (χ0v) is 14.2. The van der Waals surface area contributed by atoms with Gasteiger partial charge in [-0.15, -0.1) is 0 Å². The van der Waals surface area contributed by atoms with Gasteiger partial charge in [-0.3, -0.25) is 9.59 Å². The Morgan fingerprint density at radius 1 is 1.08 bits per heavy atom. The van der Waals surface area contributed by atoms with E-state index in [1.165, 1.54) is 30.6 Å². The molecule has 0 unspecified atom stereocenters. The Bertz CT molecular complexity index is 839. The molecule has 0 fully saturated rings. The molecule has 0 aliphatic heterocycles. The van der Waals surface area contributed by atoms with E-state index in [0.717, 1.165) is 0 Å². The van der Waals surface area contributed by atoms with Crippen molar-refractivity contribution < 1.29 is 19.5 Å². The normalized spacial score (nSPS) is 10.4. The standard InChI is InChI=1S/C16H15ClN4O4/c1-8(2)14(22)21-11-4-3-9(7-10(11)17)20-15(23)12-13(16(24)25)19-6-5-18-12/h3-8H,1-2H3,(H,20,23)(H,21,22)(H,24,25). The number of benzene rings is 1. The number of carboxylic acids is 1. The second-order valence-electron chi connectivity index (χ2n) is 5.35. The third-order valence-corrected chi connectivity index (χ3v) is 3.44. The van der Waals surface area contributed by atoms with E-state index in [0.29, 0.717) is 11.4 Å². The van der Waals surface area contributed by atoms with E-state index >= 15 is 0 Å². The summed E-state index contributed by atoms with van der Waals surface area (Å²) in [7, 11) is 0. The minimum absolute atomic E-state index is 0.190. The van der Waals surface area contributed by atoms with Crippen molar-refractivity contribution in [3.8, 4) is 0 Å². The van der Waals surface area contributed by atoms with Crippen LogP contribution in [0.15, 0.2) is 30.6 Å². The Morgan fingerprint density at radius 3 is 2.28 bits per heavy atom. The molecular weight excluding hydrogens is 348 g/mol. The van der Waals surface area contributed by atoms with Crippen molar-refractivity contribution in [2.24, 2.45) is 5.92 Å². The van der Waals surface area contributed by atoms with Crippen LogP contribution in [0.4, 0.5) is 11.4 Å². The summed E-state index contributed by atoms with van der Waals surface area (Å²) in [6.07, 6.45) is 2.40. The molecule has 0 spiro atoms. The number of hydrogen-bond donors (Lipinski definition) is 3. The summed E-state index contributed by atoms with van der Waals surface area (Å²) in [5, 5.41) is 14.4. The van der Waals surface area contributed by atoms with Crippen LogP contribution in [-0.4, -0.2) is 32.9 Å². The lowest BCUT2D eigenvalue weighted by atomic mass is 10.2. The number of amides is 2. The Hall–Kier alpha value is -3.00. The lowest BCUT2D eigenvalue weighted by molar-refractivity contribution is -0.118. The predicted molar refractivity (Wildman–Crippen MR) is 91.9 cm³/mol. The van der Waals surface area contributed by atoms with E-state index in [-0.39, 0.29) is 22.5 Å². The van der Waals surface area contributed by atoms with Crippen LogP contribution in [0.25, 0.3) is 0 Å². The number of anilines is 2. The van der Waals surface area contributed by atoms with Crippen molar-refractivity contribution in [2.45, 2.75) is 13.8 Å². The fraction of sp³-hybridized carbons (Fsp3) is 0.188. The maximum absolute atomic E-state index is 12.2.